The van der Waals surface area contributed by atoms with Crippen LogP contribution in [0.3, 0.4) is 0 Å². The maximum atomic E-state index is 12.4. The Hall–Kier alpha value is -1.86. The van der Waals surface area contributed by atoms with E-state index in [0.29, 0.717) is 17.1 Å². The fraction of sp³-hybridized carbons (Fsp3) is 0.357. The van der Waals surface area contributed by atoms with Crippen molar-refractivity contribution in [2.24, 2.45) is 0 Å². The number of anilines is 1. The van der Waals surface area contributed by atoms with E-state index < -0.39 is 10.0 Å². The Kier molecular flexibility index (Phi) is 4.64. The highest BCUT2D eigenvalue weighted by Gasteiger charge is 2.20. The number of hydrogen-bond donors (Lipinski definition) is 2. The van der Waals surface area contributed by atoms with Crippen LogP contribution in [0.25, 0.3) is 0 Å². The molecule has 0 bridgehead atoms. The molecule has 1 aromatic heterocycles. The molecule has 2 aromatic rings. The summed E-state index contributed by atoms with van der Waals surface area (Å²) in [4.78, 5) is 4.10. The van der Waals surface area contributed by atoms with Gasteiger partial charge in [-0.3, -0.25) is 4.72 Å². The lowest BCUT2D eigenvalue weighted by molar-refractivity contribution is 0.282. The standard InChI is InChI=1S/C14H19N3O3S/c1-3-8-17-9-14(15-11(17)2)21(19,20)16-13-7-5-4-6-12(13)10-18/h4-7,9,16,18H,3,8,10H2,1-2H3. The van der Waals surface area contributed by atoms with Gasteiger partial charge in [-0.05, 0) is 19.4 Å². The van der Waals surface area contributed by atoms with Gasteiger partial charge >= 0.3 is 0 Å². The van der Waals surface area contributed by atoms with Crippen LogP contribution in [0.5, 0.6) is 0 Å². The van der Waals surface area contributed by atoms with Gasteiger partial charge in [0.25, 0.3) is 10.0 Å². The van der Waals surface area contributed by atoms with E-state index in [9.17, 15) is 13.5 Å². The number of benzene rings is 1. The number of imidazole rings is 1. The number of rotatable bonds is 6. The summed E-state index contributed by atoms with van der Waals surface area (Å²) in [6.45, 7) is 4.28. The van der Waals surface area contributed by atoms with E-state index >= 15 is 0 Å². The minimum absolute atomic E-state index is 0.0128. The molecule has 2 rings (SSSR count). The van der Waals surface area contributed by atoms with Crippen LogP contribution < -0.4 is 4.72 Å². The smallest absolute Gasteiger partial charge is 0.280 e. The molecule has 0 radical (unpaired) electrons. The molecule has 0 spiro atoms. The highest BCUT2D eigenvalue weighted by atomic mass is 32.2. The molecule has 6 nitrogen and oxygen atoms in total. The van der Waals surface area contributed by atoms with E-state index in [4.69, 9.17) is 0 Å². The average Bonchev–Trinajstić information content (AvgIpc) is 2.82. The SMILES string of the molecule is CCCn1cc(S(=O)(=O)Nc2ccccc2CO)nc1C. The summed E-state index contributed by atoms with van der Waals surface area (Å²) in [5.74, 6) is 0.660. The average molecular weight is 309 g/mol. The number of aliphatic hydroxyl groups is 1. The van der Waals surface area contributed by atoms with Gasteiger partial charge in [0.1, 0.15) is 5.82 Å². The Bertz CT molecular complexity index is 723. The zero-order valence-corrected chi connectivity index (χ0v) is 12.9. The number of aromatic nitrogens is 2. The quantitative estimate of drug-likeness (QED) is 0.853. The molecule has 0 atom stereocenters. The van der Waals surface area contributed by atoms with Gasteiger partial charge in [0, 0.05) is 18.3 Å². The molecule has 21 heavy (non-hydrogen) atoms. The van der Waals surface area contributed by atoms with Crippen molar-refractivity contribution in [1.82, 2.24) is 9.55 Å². The second kappa shape index (κ2) is 6.28. The van der Waals surface area contributed by atoms with Gasteiger partial charge in [0.2, 0.25) is 0 Å². The van der Waals surface area contributed by atoms with Gasteiger partial charge in [-0.15, -0.1) is 0 Å². The molecule has 0 saturated carbocycles. The molecule has 114 valence electrons. The van der Waals surface area contributed by atoms with Crippen molar-refractivity contribution in [3.63, 3.8) is 0 Å². The predicted octanol–water partition coefficient (Wildman–Crippen LogP) is 1.89. The second-order valence-corrected chi connectivity index (χ2v) is 6.37. The first kappa shape index (κ1) is 15.5. The van der Waals surface area contributed by atoms with Crippen molar-refractivity contribution in [2.45, 2.75) is 38.4 Å². The number of hydrogen-bond acceptors (Lipinski definition) is 4. The number of para-hydroxylation sites is 1. The number of nitrogens with zero attached hydrogens (tertiary/aromatic N) is 2. The predicted molar refractivity (Wildman–Crippen MR) is 80.4 cm³/mol. The summed E-state index contributed by atoms with van der Waals surface area (Å²) < 4.78 is 29.0. The molecule has 0 aliphatic heterocycles. The largest absolute Gasteiger partial charge is 0.392 e. The zero-order chi connectivity index (χ0) is 15.5. The van der Waals surface area contributed by atoms with Crippen LogP contribution in [0.15, 0.2) is 35.5 Å². The lowest BCUT2D eigenvalue weighted by Gasteiger charge is -2.09. The Morgan fingerprint density at radius 1 is 1.33 bits per heavy atom. The number of aliphatic hydroxyl groups excluding tert-OH is 1. The lowest BCUT2D eigenvalue weighted by Crippen LogP contribution is -2.14. The van der Waals surface area contributed by atoms with Crippen LogP contribution in [0.1, 0.15) is 24.7 Å². The molecule has 0 aliphatic rings. The first-order valence-electron chi connectivity index (χ1n) is 6.73. The first-order valence-corrected chi connectivity index (χ1v) is 8.21. The third-order valence-corrected chi connectivity index (χ3v) is 4.36. The van der Waals surface area contributed by atoms with Crippen LogP contribution >= 0.6 is 0 Å². The number of sulfonamides is 1. The maximum Gasteiger partial charge on any atom is 0.280 e. The molecule has 7 heteroatoms. The number of nitrogens with one attached hydrogen (secondary N) is 1. The lowest BCUT2D eigenvalue weighted by atomic mass is 10.2. The summed E-state index contributed by atoms with van der Waals surface area (Å²) in [5.41, 5.74) is 0.883. The monoisotopic (exact) mass is 309 g/mol. The molecule has 0 unspecified atom stereocenters. The van der Waals surface area contributed by atoms with Gasteiger partial charge in [-0.25, -0.2) is 4.98 Å². The Morgan fingerprint density at radius 2 is 2.05 bits per heavy atom. The number of aryl methyl sites for hydroxylation is 2. The van der Waals surface area contributed by atoms with Gasteiger partial charge in [-0.1, -0.05) is 25.1 Å². The van der Waals surface area contributed by atoms with E-state index in [2.05, 4.69) is 9.71 Å². The molecular weight excluding hydrogens is 290 g/mol. The molecule has 1 heterocycles. The highest BCUT2D eigenvalue weighted by molar-refractivity contribution is 7.92. The molecule has 0 amide bonds. The summed E-state index contributed by atoms with van der Waals surface area (Å²) in [6, 6.07) is 6.72. The van der Waals surface area contributed by atoms with E-state index in [-0.39, 0.29) is 11.6 Å². The molecule has 2 N–H and O–H groups in total. The normalized spacial score (nSPS) is 11.6. The Morgan fingerprint density at radius 3 is 2.71 bits per heavy atom. The summed E-state index contributed by atoms with van der Waals surface area (Å²) in [7, 11) is -3.76. The van der Waals surface area contributed by atoms with Crippen molar-refractivity contribution in [3.8, 4) is 0 Å². The summed E-state index contributed by atoms with van der Waals surface area (Å²) >= 11 is 0. The van der Waals surface area contributed by atoms with Crippen LogP contribution in [0, 0.1) is 6.92 Å². The molecule has 0 aliphatic carbocycles. The minimum Gasteiger partial charge on any atom is -0.392 e. The maximum absolute atomic E-state index is 12.4. The molecule has 1 aromatic carbocycles. The van der Waals surface area contributed by atoms with Crippen LogP contribution in [-0.2, 0) is 23.2 Å². The second-order valence-electron chi connectivity index (χ2n) is 4.74. The van der Waals surface area contributed by atoms with Crippen molar-refractivity contribution < 1.29 is 13.5 Å². The van der Waals surface area contributed by atoms with Crippen molar-refractivity contribution in [3.05, 3.63) is 41.9 Å². The topological polar surface area (TPSA) is 84.2 Å². The van der Waals surface area contributed by atoms with E-state index in [1.165, 1.54) is 6.20 Å². The summed E-state index contributed by atoms with van der Waals surface area (Å²) in [5, 5.41) is 9.24. The summed E-state index contributed by atoms with van der Waals surface area (Å²) in [6.07, 6.45) is 2.43. The highest BCUT2D eigenvalue weighted by Crippen LogP contribution is 2.20. The van der Waals surface area contributed by atoms with Gasteiger partial charge < -0.3 is 9.67 Å². The van der Waals surface area contributed by atoms with Gasteiger partial charge in [0.15, 0.2) is 5.03 Å². The van der Waals surface area contributed by atoms with E-state index in [0.717, 1.165) is 13.0 Å². The molecule has 0 fully saturated rings. The van der Waals surface area contributed by atoms with Crippen LogP contribution in [0.4, 0.5) is 5.69 Å². The van der Waals surface area contributed by atoms with Crippen molar-refractivity contribution in [2.75, 3.05) is 4.72 Å². The zero-order valence-electron chi connectivity index (χ0n) is 12.1. The fourth-order valence-electron chi connectivity index (χ4n) is 2.03. The van der Waals surface area contributed by atoms with Crippen LogP contribution in [-0.4, -0.2) is 23.1 Å². The minimum atomic E-state index is -3.76. The first-order chi connectivity index (χ1) is 9.97. The van der Waals surface area contributed by atoms with Crippen LogP contribution in [0.2, 0.25) is 0 Å². The van der Waals surface area contributed by atoms with E-state index in [1.807, 2.05) is 11.5 Å². The Labute approximate surface area is 124 Å². The van der Waals surface area contributed by atoms with Gasteiger partial charge in [-0.2, -0.15) is 8.42 Å². The van der Waals surface area contributed by atoms with Crippen molar-refractivity contribution >= 4 is 15.7 Å². The third kappa shape index (κ3) is 3.43. The van der Waals surface area contributed by atoms with E-state index in [1.54, 1.807) is 31.2 Å². The fourth-order valence-corrected chi connectivity index (χ4v) is 3.14. The van der Waals surface area contributed by atoms with Crippen molar-refractivity contribution in [1.29, 1.82) is 0 Å². The Balaban J connectivity index is 2.32. The third-order valence-electron chi connectivity index (χ3n) is 3.13. The molecular formula is C14H19N3O3S. The molecule has 0 saturated heterocycles. The van der Waals surface area contributed by atoms with Gasteiger partial charge in [0.05, 0.1) is 12.3 Å².